The van der Waals surface area contributed by atoms with Crippen molar-refractivity contribution in [3.8, 4) is 0 Å². The van der Waals surface area contributed by atoms with Crippen LogP contribution >= 0.6 is 11.3 Å². The van der Waals surface area contributed by atoms with E-state index in [1.807, 2.05) is 11.4 Å². The first-order chi connectivity index (χ1) is 11.7. The highest BCUT2D eigenvalue weighted by molar-refractivity contribution is 7.17. The summed E-state index contributed by atoms with van der Waals surface area (Å²) in [5.41, 5.74) is 0.675. The summed E-state index contributed by atoms with van der Waals surface area (Å²) in [6.45, 7) is 3.40. The number of aromatic nitrogens is 2. The molecule has 1 saturated heterocycles. The fourth-order valence-corrected chi connectivity index (χ4v) is 3.73. The van der Waals surface area contributed by atoms with Crippen LogP contribution in [0.25, 0.3) is 10.2 Å². The molecule has 1 saturated carbocycles. The fraction of sp³-hybridized carbons (Fsp3) is 0.562. The van der Waals surface area contributed by atoms with Crippen LogP contribution in [-0.2, 0) is 11.3 Å². The Kier molecular flexibility index (Phi) is 4.24. The van der Waals surface area contributed by atoms with Crippen molar-refractivity contribution in [1.29, 1.82) is 0 Å². The van der Waals surface area contributed by atoms with E-state index in [1.54, 1.807) is 4.90 Å². The molecule has 0 aromatic carbocycles. The standard InChI is InChI=1S/C16H20N4O3S/c21-15-14-12(4-9-24-14)17-13(18-15)10-19-5-7-20(8-6-19)16(22)23-11-2-1-3-11/h4,9,11H,1-3,5-8,10H2,(H,17,18,21). The average Bonchev–Trinajstić information content (AvgIpc) is 3.00. The van der Waals surface area contributed by atoms with Crippen molar-refractivity contribution < 1.29 is 9.53 Å². The molecule has 2 aromatic heterocycles. The molecule has 1 aliphatic carbocycles. The van der Waals surface area contributed by atoms with Gasteiger partial charge in [-0.15, -0.1) is 11.3 Å². The summed E-state index contributed by atoms with van der Waals surface area (Å²) in [7, 11) is 0. The maximum Gasteiger partial charge on any atom is 0.410 e. The van der Waals surface area contributed by atoms with Gasteiger partial charge >= 0.3 is 6.09 Å². The maximum absolute atomic E-state index is 12.1. The lowest BCUT2D eigenvalue weighted by Crippen LogP contribution is -2.49. The van der Waals surface area contributed by atoms with E-state index in [0.29, 0.717) is 30.2 Å². The van der Waals surface area contributed by atoms with Gasteiger partial charge < -0.3 is 14.6 Å². The SMILES string of the molecule is O=C(OC1CCC1)N1CCN(Cc2nc3ccsc3c(=O)[nH]2)CC1. The molecular weight excluding hydrogens is 328 g/mol. The van der Waals surface area contributed by atoms with Crippen molar-refractivity contribution in [3.05, 3.63) is 27.6 Å². The van der Waals surface area contributed by atoms with Crippen LogP contribution in [0.15, 0.2) is 16.2 Å². The molecule has 0 spiro atoms. The third kappa shape index (κ3) is 3.16. The molecule has 24 heavy (non-hydrogen) atoms. The summed E-state index contributed by atoms with van der Waals surface area (Å²) < 4.78 is 6.11. The van der Waals surface area contributed by atoms with Gasteiger partial charge in [-0.1, -0.05) is 0 Å². The molecule has 1 amide bonds. The average molecular weight is 348 g/mol. The number of carbonyl (C=O) groups is 1. The number of rotatable bonds is 3. The Morgan fingerprint density at radius 2 is 2.12 bits per heavy atom. The zero-order valence-corrected chi connectivity index (χ0v) is 14.2. The first-order valence-corrected chi connectivity index (χ1v) is 9.21. The monoisotopic (exact) mass is 348 g/mol. The third-order valence-electron chi connectivity index (χ3n) is 4.69. The van der Waals surface area contributed by atoms with Crippen LogP contribution in [0, 0.1) is 0 Å². The highest BCUT2D eigenvalue weighted by atomic mass is 32.1. The van der Waals surface area contributed by atoms with Gasteiger partial charge in [0.05, 0.1) is 12.1 Å². The van der Waals surface area contributed by atoms with Crippen LogP contribution in [0.4, 0.5) is 4.79 Å². The Bertz CT molecular complexity index is 790. The Morgan fingerprint density at radius 1 is 1.33 bits per heavy atom. The number of hydrogen-bond acceptors (Lipinski definition) is 6. The second kappa shape index (κ2) is 6.52. The van der Waals surface area contributed by atoms with Gasteiger partial charge in [0.25, 0.3) is 5.56 Å². The van der Waals surface area contributed by atoms with Crippen LogP contribution in [0.1, 0.15) is 25.1 Å². The molecule has 1 aliphatic heterocycles. The van der Waals surface area contributed by atoms with Crippen molar-refractivity contribution in [2.24, 2.45) is 0 Å². The third-order valence-corrected chi connectivity index (χ3v) is 5.59. The minimum atomic E-state index is -0.189. The molecule has 2 aromatic rings. The lowest BCUT2D eigenvalue weighted by Gasteiger charge is -2.35. The summed E-state index contributed by atoms with van der Waals surface area (Å²) in [5.74, 6) is 0.677. The molecular formula is C16H20N4O3S. The molecule has 128 valence electrons. The van der Waals surface area contributed by atoms with Crippen LogP contribution in [0.3, 0.4) is 0 Å². The van der Waals surface area contributed by atoms with Crippen LogP contribution in [0.5, 0.6) is 0 Å². The van der Waals surface area contributed by atoms with Gasteiger partial charge in [-0.3, -0.25) is 9.69 Å². The summed E-state index contributed by atoms with van der Waals surface area (Å²) >= 11 is 1.41. The normalized spacial score (nSPS) is 19.4. The molecule has 0 bridgehead atoms. The Morgan fingerprint density at radius 3 is 2.83 bits per heavy atom. The first kappa shape index (κ1) is 15.6. The van der Waals surface area contributed by atoms with E-state index in [0.717, 1.165) is 37.9 Å². The number of ether oxygens (including phenoxy) is 1. The van der Waals surface area contributed by atoms with Gasteiger partial charge in [-0.2, -0.15) is 0 Å². The molecule has 4 rings (SSSR count). The molecule has 2 fully saturated rings. The number of carbonyl (C=O) groups excluding carboxylic acids is 1. The van der Waals surface area contributed by atoms with Gasteiger partial charge in [0, 0.05) is 26.2 Å². The predicted molar refractivity (Wildman–Crippen MR) is 91.2 cm³/mol. The molecule has 8 heteroatoms. The minimum Gasteiger partial charge on any atom is -0.446 e. The van der Waals surface area contributed by atoms with Crippen molar-refractivity contribution in [2.45, 2.75) is 31.9 Å². The number of amides is 1. The highest BCUT2D eigenvalue weighted by Crippen LogP contribution is 2.23. The quantitative estimate of drug-likeness (QED) is 0.915. The number of fused-ring (bicyclic) bond motifs is 1. The minimum absolute atomic E-state index is 0.0762. The number of hydrogen-bond donors (Lipinski definition) is 1. The largest absolute Gasteiger partial charge is 0.446 e. The van der Waals surface area contributed by atoms with E-state index in [1.165, 1.54) is 11.3 Å². The molecule has 7 nitrogen and oxygen atoms in total. The lowest BCUT2D eigenvalue weighted by molar-refractivity contribution is 0.0160. The zero-order valence-electron chi connectivity index (χ0n) is 13.4. The second-order valence-electron chi connectivity index (χ2n) is 6.35. The van der Waals surface area contributed by atoms with Crippen LogP contribution < -0.4 is 5.56 Å². The summed E-state index contributed by atoms with van der Waals surface area (Å²) in [5, 5.41) is 1.88. The predicted octanol–water partition coefficient (Wildman–Crippen LogP) is 1.79. The second-order valence-corrected chi connectivity index (χ2v) is 7.26. The zero-order chi connectivity index (χ0) is 16.5. The van der Waals surface area contributed by atoms with Gasteiger partial charge in [-0.05, 0) is 30.7 Å². The Balaban J connectivity index is 1.33. The summed E-state index contributed by atoms with van der Waals surface area (Å²) in [4.78, 5) is 35.4. The van der Waals surface area contributed by atoms with Crippen LogP contribution in [0.2, 0.25) is 0 Å². The van der Waals surface area contributed by atoms with E-state index in [4.69, 9.17) is 4.74 Å². The molecule has 0 unspecified atom stereocenters. The number of nitrogens with one attached hydrogen (secondary N) is 1. The van der Waals surface area contributed by atoms with Crippen molar-refractivity contribution in [1.82, 2.24) is 19.8 Å². The number of piperazine rings is 1. The lowest BCUT2D eigenvalue weighted by atomic mass is 9.96. The van der Waals surface area contributed by atoms with E-state index in [-0.39, 0.29) is 17.8 Å². The summed E-state index contributed by atoms with van der Waals surface area (Å²) in [6, 6.07) is 1.87. The number of nitrogens with zero attached hydrogens (tertiary/aromatic N) is 3. The fourth-order valence-electron chi connectivity index (χ4n) is 3.00. The van der Waals surface area contributed by atoms with E-state index in [2.05, 4.69) is 14.9 Å². The topological polar surface area (TPSA) is 78.5 Å². The van der Waals surface area contributed by atoms with Gasteiger partial charge in [0.1, 0.15) is 16.6 Å². The Hall–Kier alpha value is -1.93. The van der Waals surface area contributed by atoms with Crippen LogP contribution in [-0.4, -0.2) is 58.1 Å². The first-order valence-electron chi connectivity index (χ1n) is 8.33. The number of aromatic amines is 1. The van der Waals surface area contributed by atoms with Crippen molar-refractivity contribution in [2.75, 3.05) is 26.2 Å². The van der Waals surface area contributed by atoms with Crippen molar-refractivity contribution in [3.63, 3.8) is 0 Å². The number of H-pyrrole nitrogens is 1. The Labute approximate surface area is 143 Å². The van der Waals surface area contributed by atoms with E-state index >= 15 is 0 Å². The molecule has 2 aliphatic rings. The maximum atomic E-state index is 12.1. The smallest absolute Gasteiger partial charge is 0.410 e. The van der Waals surface area contributed by atoms with Gasteiger partial charge in [0.2, 0.25) is 0 Å². The van der Waals surface area contributed by atoms with Crippen molar-refractivity contribution >= 4 is 27.6 Å². The van der Waals surface area contributed by atoms with Gasteiger partial charge in [0.15, 0.2) is 0 Å². The highest BCUT2D eigenvalue weighted by Gasteiger charge is 2.27. The summed E-state index contributed by atoms with van der Waals surface area (Å²) in [6.07, 6.45) is 3.09. The molecule has 1 N–H and O–H groups in total. The van der Waals surface area contributed by atoms with E-state index < -0.39 is 0 Å². The van der Waals surface area contributed by atoms with Gasteiger partial charge in [-0.25, -0.2) is 9.78 Å². The van der Waals surface area contributed by atoms with E-state index in [9.17, 15) is 9.59 Å². The molecule has 0 radical (unpaired) electrons. The number of thiophene rings is 1. The molecule has 0 atom stereocenters. The molecule has 3 heterocycles.